The first-order valence-electron chi connectivity index (χ1n) is 5.87. The van der Waals surface area contributed by atoms with E-state index in [2.05, 4.69) is 62.0 Å². The predicted molar refractivity (Wildman–Crippen MR) is 73.0 cm³/mol. The zero-order chi connectivity index (χ0) is 12.3. The molecule has 0 unspecified atom stereocenters. The standard InChI is InChI=1S/C12H16N2.C2H6/c1-9-10(2)14(4)12-8-6-5-7-11(12)13(9)3;1-2/h5-8H,1-4H3;1-2H3. The van der Waals surface area contributed by atoms with Gasteiger partial charge >= 0.3 is 0 Å². The van der Waals surface area contributed by atoms with Crippen LogP contribution < -0.4 is 9.80 Å². The van der Waals surface area contributed by atoms with Crippen molar-refractivity contribution in [2.24, 2.45) is 0 Å². The van der Waals surface area contributed by atoms with Crippen molar-refractivity contribution in [3.63, 3.8) is 0 Å². The molecule has 16 heavy (non-hydrogen) atoms. The fraction of sp³-hybridized carbons (Fsp3) is 0.429. The fourth-order valence-corrected chi connectivity index (χ4v) is 1.88. The minimum atomic E-state index is 1.28. The van der Waals surface area contributed by atoms with Crippen LogP contribution in [0.4, 0.5) is 11.4 Å². The van der Waals surface area contributed by atoms with Crippen molar-refractivity contribution in [1.29, 1.82) is 0 Å². The largest absolute Gasteiger partial charge is 0.345 e. The highest BCUT2D eigenvalue weighted by Crippen LogP contribution is 2.36. The first-order chi connectivity index (χ1) is 7.63. The van der Waals surface area contributed by atoms with Crippen LogP contribution in [0.5, 0.6) is 0 Å². The number of allylic oxidation sites excluding steroid dienone is 2. The molecule has 0 radical (unpaired) electrons. The van der Waals surface area contributed by atoms with E-state index in [0.717, 1.165) is 0 Å². The zero-order valence-corrected chi connectivity index (χ0v) is 11.2. The number of para-hydroxylation sites is 2. The summed E-state index contributed by atoms with van der Waals surface area (Å²) in [4.78, 5) is 4.48. The summed E-state index contributed by atoms with van der Waals surface area (Å²) >= 11 is 0. The SMILES string of the molecule is CC.CC1=C(C)N(C)c2ccccc2N1C. The van der Waals surface area contributed by atoms with E-state index in [4.69, 9.17) is 0 Å². The molecule has 2 rings (SSSR count). The van der Waals surface area contributed by atoms with Crippen LogP contribution in [0.3, 0.4) is 0 Å². The van der Waals surface area contributed by atoms with E-state index in [9.17, 15) is 0 Å². The van der Waals surface area contributed by atoms with Crippen molar-refractivity contribution < 1.29 is 0 Å². The molecule has 0 atom stereocenters. The topological polar surface area (TPSA) is 6.48 Å². The van der Waals surface area contributed by atoms with E-state index in [1.165, 1.54) is 22.8 Å². The molecule has 88 valence electrons. The molecule has 1 aromatic carbocycles. The van der Waals surface area contributed by atoms with Crippen LogP contribution in [0.1, 0.15) is 27.7 Å². The molecule has 0 fully saturated rings. The van der Waals surface area contributed by atoms with E-state index < -0.39 is 0 Å². The molecule has 0 saturated carbocycles. The van der Waals surface area contributed by atoms with Crippen molar-refractivity contribution in [3.05, 3.63) is 35.7 Å². The van der Waals surface area contributed by atoms with Crippen LogP contribution in [-0.2, 0) is 0 Å². The van der Waals surface area contributed by atoms with E-state index in [-0.39, 0.29) is 0 Å². The van der Waals surface area contributed by atoms with Crippen molar-refractivity contribution >= 4 is 11.4 Å². The lowest BCUT2D eigenvalue weighted by atomic mass is 10.1. The van der Waals surface area contributed by atoms with E-state index in [1.54, 1.807) is 0 Å². The summed E-state index contributed by atoms with van der Waals surface area (Å²) in [6.45, 7) is 8.31. The fourth-order valence-electron chi connectivity index (χ4n) is 1.88. The summed E-state index contributed by atoms with van der Waals surface area (Å²) in [7, 11) is 4.23. The number of rotatable bonds is 0. The van der Waals surface area contributed by atoms with Gasteiger partial charge in [0.25, 0.3) is 0 Å². The second-order valence-electron chi connectivity index (χ2n) is 3.78. The minimum Gasteiger partial charge on any atom is -0.345 e. The van der Waals surface area contributed by atoms with Crippen LogP contribution in [0.2, 0.25) is 0 Å². The molecule has 1 aliphatic heterocycles. The average Bonchev–Trinajstić information content (AvgIpc) is 2.36. The lowest BCUT2D eigenvalue weighted by Gasteiger charge is -2.36. The summed E-state index contributed by atoms with van der Waals surface area (Å²) in [6.07, 6.45) is 0. The Morgan fingerprint density at radius 3 is 1.38 bits per heavy atom. The first-order valence-corrected chi connectivity index (χ1v) is 5.87. The summed E-state index contributed by atoms with van der Waals surface area (Å²) in [5, 5.41) is 0. The van der Waals surface area contributed by atoms with Crippen molar-refractivity contribution in [1.82, 2.24) is 0 Å². The Morgan fingerprint density at radius 1 is 0.750 bits per heavy atom. The van der Waals surface area contributed by atoms with Gasteiger partial charge in [0.05, 0.1) is 11.4 Å². The van der Waals surface area contributed by atoms with Gasteiger partial charge in [-0.3, -0.25) is 0 Å². The van der Waals surface area contributed by atoms with Gasteiger partial charge in [0.1, 0.15) is 0 Å². The quantitative estimate of drug-likeness (QED) is 0.652. The predicted octanol–water partition coefficient (Wildman–Crippen LogP) is 3.85. The van der Waals surface area contributed by atoms with Gasteiger partial charge in [-0.2, -0.15) is 0 Å². The lowest BCUT2D eigenvalue weighted by Crippen LogP contribution is -2.29. The second-order valence-corrected chi connectivity index (χ2v) is 3.78. The summed E-state index contributed by atoms with van der Waals surface area (Å²) in [5.41, 5.74) is 5.17. The molecule has 1 aromatic rings. The first kappa shape index (κ1) is 12.6. The highest BCUT2D eigenvalue weighted by molar-refractivity contribution is 5.77. The summed E-state index contributed by atoms with van der Waals surface area (Å²) < 4.78 is 0. The monoisotopic (exact) mass is 218 g/mol. The van der Waals surface area contributed by atoms with Crippen molar-refractivity contribution in [2.75, 3.05) is 23.9 Å². The molecule has 2 heteroatoms. The molecule has 0 aliphatic carbocycles. The van der Waals surface area contributed by atoms with Crippen molar-refractivity contribution in [3.8, 4) is 0 Å². The number of benzene rings is 1. The van der Waals surface area contributed by atoms with Crippen LogP contribution in [-0.4, -0.2) is 14.1 Å². The molecule has 0 amide bonds. The molecule has 0 aromatic heterocycles. The van der Waals surface area contributed by atoms with Gasteiger partial charge in [-0.25, -0.2) is 0 Å². The van der Waals surface area contributed by atoms with Crippen molar-refractivity contribution in [2.45, 2.75) is 27.7 Å². The third-order valence-electron chi connectivity index (χ3n) is 3.13. The Kier molecular flexibility index (Phi) is 3.99. The van der Waals surface area contributed by atoms with Gasteiger partial charge in [-0.1, -0.05) is 26.0 Å². The Labute approximate surface area is 99.2 Å². The maximum Gasteiger partial charge on any atom is 0.0647 e. The Morgan fingerprint density at radius 2 is 1.06 bits per heavy atom. The Balaban J connectivity index is 0.000000606. The Bertz CT molecular complexity index is 356. The third kappa shape index (κ3) is 1.92. The summed E-state index contributed by atoms with van der Waals surface area (Å²) in [6, 6.07) is 8.47. The molecule has 0 spiro atoms. The average molecular weight is 218 g/mol. The lowest BCUT2D eigenvalue weighted by molar-refractivity contribution is 0.943. The van der Waals surface area contributed by atoms with Crippen LogP contribution in [0.15, 0.2) is 35.7 Å². The third-order valence-corrected chi connectivity index (χ3v) is 3.13. The maximum atomic E-state index is 2.24. The van der Waals surface area contributed by atoms with Gasteiger partial charge < -0.3 is 9.80 Å². The molecule has 0 bridgehead atoms. The van der Waals surface area contributed by atoms with Gasteiger partial charge in [0.2, 0.25) is 0 Å². The highest BCUT2D eigenvalue weighted by atomic mass is 15.2. The maximum absolute atomic E-state index is 2.24. The van der Waals surface area contributed by atoms with E-state index in [0.29, 0.717) is 0 Å². The number of fused-ring (bicyclic) bond motifs is 1. The van der Waals surface area contributed by atoms with Crippen LogP contribution >= 0.6 is 0 Å². The number of anilines is 2. The summed E-state index contributed by atoms with van der Waals surface area (Å²) in [5.74, 6) is 0. The molecular formula is C14H22N2. The van der Waals surface area contributed by atoms with Gasteiger partial charge in [-0.15, -0.1) is 0 Å². The van der Waals surface area contributed by atoms with Crippen LogP contribution in [0, 0.1) is 0 Å². The molecule has 2 nitrogen and oxygen atoms in total. The molecule has 0 saturated heterocycles. The molecule has 0 N–H and O–H groups in total. The van der Waals surface area contributed by atoms with Gasteiger partial charge in [-0.05, 0) is 26.0 Å². The Hall–Kier alpha value is -1.44. The van der Waals surface area contributed by atoms with Gasteiger partial charge in [0.15, 0.2) is 0 Å². The highest BCUT2D eigenvalue weighted by Gasteiger charge is 2.20. The normalized spacial score (nSPS) is 14.4. The number of nitrogens with zero attached hydrogens (tertiary/aromatic N) is 2. The second kappa shape index (κ2) is 5.06. The molecular weight excluding hydrogens is 196 g/mol. The number of hydrogen-bond donors (Lipinski definition) is 0. The van der Waals surface area contributed by atoms with E-state index >= 15 is 0 Å². The smallest absolute Gasteiger partial charge is 0.0647 e. The van der Waals surface area contributed by atoms with E-state index in [1.807, 2.05) is 13.8 Å². The number of hydrogen-bond acceptors (Lipinski definition) is 2. The molecule has 1 heterocycles. The minimum absolute atomic E-state index is 1.28. The zero-order valence-electron chi connectivity index (χ0n) is 11.2. The van der Waals surface area contributed by atoms with Gasteiger partial charge in [0, 0.05) is 25.5 Å². The van der Waals surface area contributed by atoms with Crippen LogP contribution in [0.25, 0.3) is 0 Å². The molecule has 1 aliphatic rings.